The largest absolute Gasteiger partial charge is 0.455 e. The molecule has 0 radical (unpaired) electrons. The highest BCUT2D eigenvalue weighted by molar-refractivity contribution is 6.22. The van der Waals surface area contributed by atoms with Gasteiger partial charge in [0.25, 0.3) is 0 Å². The van der Waals surface area contributed by atoms with E-state index in [1.807, 2.05) is 0 Å². The molecular formula is C52H35NO. The number of fused-ring (bicyclic) bond motifs is 4. The predicted molar refractivity (Wildman–Crippen MR) is 228 cm³/mol. The summed E-state index contributed by atoms with van der Waals surface area (Å²) < 4.78 is 6.95. The maximum Gasteiger partial charge on any atom is 0.143 e. The summed E-state index contributed by atoms with van der Waals surface area (Å²) >= 11 is 0. The number of rotatable bonds is 7. The quantitative estimate of drug-likeness (QED) is 0.166. The van der Waals surface area contributed by atoms with Crippen LogP contribution in [0.25, 0.3) is 77.2 Å². The Morgan fingerprint density at radius 2 is 0.778 bits per heavy atom. The molecule has 0 saturated heterocycles. The van der Waals surface area contributed by atoms with Gasteiger partial charge in [0, 0.05) is 22.3 Å². The summed E-state index contributed by atoms with van der Waals surface area (Å²) in [7, 11) is 0. The molecule has 0 unspecified atom stereocenters. The normalized spacial score (nSPS) is 11.3. The van der Waals surface area contributed by atoms with Crippen molar-refractivity contribution >= 4 is 49.8 Å². The van der Waals surface area contributed by atoms with E-state index in [0.29, 0.717) is 0 Å². The van der Waals surface area contributed by atoms with Crippen molar-refractivity contribution in [1.82, 2.24) is 0 Å². The first-order chi connectivity index (χ1) is 26.8. The molecule has 0 spiro atoms. The first-order valence-corrected chi connectivity index (χ1v) is 18.4. The fourth-order valence-electron chi connectivity index (χ4n) is 7.83. The van der Waals surface area contributed by atoms with E-state index in [1.54, 1.807) is 0 Å². The fourth-order valence-corrected chi connectivity index (χ4v) is 7.83. The van der Waals surface area contributed by atoms with Gasteiger partial charge in [-0.1, -0.05) is 170 Å². The first-order valence-electron chi connectivity index (χ1n) is 18.4. The van der Waals surface area contributed by atoms with Crippen LogP contribution in [0.5, 0.6) is 0 Å². The van der Waals surface area contributed by atoms with Gasteiger partial charge in [-0.15, -0.1) is 0 Å². The summed E-state index contributed by atoms with van der Waals surface area (Å²) in [6.45, 7) is 0. The molecule has 0 N–H and O–H groups in total. The number of benzene rings is 9. The van der Waals surface area contributed by atoms with E-state index in [-0.39, 0.29) is 0 Å². The van der Waals surface area contributed by atoms with Crippen LogP contribution in [0, 0.1) is 0 Å². The van der Waals surface area contributed by atoms with Crippen LogP contribution in [-0.4, -0.2) is 0 Å². The second-order valence-electron chi connectivity index (χ2n) is 13.7. The van der Waals surface area contributed by atoms with Gasteiger partial charge in [-0.3, -0.25) is 0 Å². The van der Waals surface area contributed by atoms with Gasteiger partial charge >= 0.3 is 0 Å². The highest BCUT2D eigenvalue weighted by Gasteiger charge is 2.23. The van der Waals surface area contributed by atoms with Crippen LogP contribution in [0.1, 0.15) is 0 Å². The van der Waals surface area contributed by atoms with Gasteiger partial charge in [0.05, 0.1) is 11.1 Å². The van der Waals surface area contributed by atoms with E-state index in [4.69, 9.17) is 4.42 Å². The van der Waals surface area contributed by atoms with E-state index in [2.05, 4.69) is 217 Å². The van der Waals surface area contributed by atoms with Gasteiger partial charge in [0.2, 0.25) is 0 Å². The van der Waals surface area contributed by atoms with Crippen LogP contribution in [0.2, 0.25) is 0 Å². The monoisotopic (exact) mass is 689 g/mol. The zero-order chi connectivity index (χ0) is 35.8. The molecule has 0 bridgehead atoms. The van der Waals surface area contributed by atoms with Gasteiger partial charge in [-0.2, -0.15) is 0 Å². The molecule has 0 aliphatic rings. The summed E-state index contributed by atoms with van der Waals surface area (Å²) in [6, 6.07) is 75.7. The lowest BCUT2D eigenvalue weighted by Gasteiger charge is -2.26. The molecule has 2 heteroatoms. The lowest BCUT2D eigenvalue weighted by molar-refractivity contribution is 0.670. The minimum atomic E-state index is 0.853. The number of anilines is 3. The highest BCUT2D eigenvalue weighted by Crippen LogP contribution is 2.47. The fraction of sp³-hybridized carbons (Fsp3) is 0. The van der Waals surface area contributed by atoms with E-state index in [9.17, 15) is 0 Å². The summed E-state index contributed by atoms with van der Waals surface area (Å²) in [6.07, 6.45) is 0. The molecule has 0 amide bonds. The van der Waals surface area contributed by atoms with E-state index in [0.717, 1.165) is 50.1 Å². The molecular weight excluding hydrogens is 655 g/mol. The molecule has 254 valence electrons. The maximum atomic E-state index is 6.95. The minimum Gasteiger partial charge on any atom is -0.455 e. The topological polar surface area (TPSA) is 16.4 Å². The zero-order valence-electron chi connectivity index (χ0n) is 29.6. The Kier molecular flexibility index (Phi) is 7.85. The van der Waals surface area contributed by atoms with Crippen molar-refractivity contribution in [2.24, 2.45) is 0 Å². The van der Waals surface area contributed by atoms with Gasteiger partial charge in [0.1, 0.15) is 11.2 Å². The van der Waals surface area contributed by atoms with Crippen molar-refractivity contribution in [2.45, 2.75) is 0 Å². The zero-order valence-corrected chi connectivity index (χ0v) is 29.6. The van der Waals surface area contributed by atoms with Crippen LogP contribution in [0.3, 0.4) is 0 Å². The number of furan rings is 1. The number of nitrogens with zero attached hydrogens (tertiary/aromatic N) is 1. The molecule has 0 aliphatic carbocycles. The lowest BCUT2D eigenvalue weighted by atomic mass is 9.93. The Morgan fingerprint density at radius 1 is 0.333 bits per heavy atom. The summed E-state index contributed by atoms with van der Waals surface area (Å²) in [5.41, 5.74) is 14.3. The van der Waals surface area contributed by atoms with Crippen LogP contribution in [0.15, 0.2) is 217 Å². The van der Waals surface area contributed by atoms with Gasteiger partial charge < -0.3 is 9.32 Å². The Balaban J connectivity index is 1.18. The SMILES string of the molecule is c1ccc(-c2ccc(-c3c4ccccc4cc4c3oc3cccc(N(c5ccc(-c6ccccc6)cc5)c5ccc(-c6ccccc6)cc5)c34)cc2)cc1. The molecule has 10 rings (SSSR count). The van der Waals surface area contributed by atoms with Gasteiger partial charge in [0.15, 0.2) is 0 Å². The molecule has 9 aromatic carbocycles. The predicted octanol–water partition coefficient (Wildman–Crippen LogP) is 14.9. The maximum absolute atomic E-state index is 6.95. The van der Waals surface area contributed by atoms with Crippen molar-refractivity contribution in [3.63, 3.8) is 0 Å². The molecule has 0 atom stereocenters. The Labute approximate surface area is 314 Å². The standard InChI is InChI=1S/C52H35NO/c1-4-13-36(14-5-1)39-23-25-42(26-24-39)50-46-20-11-10-19-43(46)35-47-51-48(21-12-22-49(51)54-52(47)50)53(44-31-27-40(28-32-44)37-15-6-2-7-16-37)45-33-29-41(30-34-45)38-17-8-3-9-18-38/h1-35H. The van der Waals surface area contributed by atoms with E-state index in [1.165, 1.54) is 44.2 Å². The third-order valence-electron chi connectivity index (χ3n) is 10.5. The van der Waals surface area contributed by atoms with Crippen molar-refractivity contribution in [3.05, 3.63) is 212 Å². The molecule has 1 heterocycles. The number of hydrogen-bond acceptors (Lipinski definition) is 2. The highest BCUT2D eigenvalue weighted by atomic mass is 16.3. The van der Waals surface area contributed by atoms with Gasteiger partial charge in [-0.05, 0) is 92.2 Å². The smallest absolute Gasteiger partial charge is 0.143 e. The molecule has 0 fully saturated rings. The molecule has 0 aliphatic heterocycles. The summed E-state index contributed by atoms with van der Waals surface area (Å²) in [5, 5.41) is 4.52. The Hall–Kier alpha value is -7.16. The average molecular weight is 690 g/mol. The van der Waals surface area contributed by atoms with Crippen LogP contribution in [0.4, 0.5) is 17.1 Å². The second kappa shape index (κ2) is 13.4. The lowest BCUT2D eigenvalue weighted by Crippen LogP contribution is -2.10. The van der Waals surface area contributed by atoms with E-state index < -0.39 is 0 Å². The Morgan fingerprint density at radius 3 is 1.31 bits per heavy atom. The third kappa shape index (κ3) is 5.62. The van der Waals surface area contributed by atoms with Crippen molar-refractivity contribution in [3.8, 4) is 44.5 Å². The molecule has 10 aromatic rings. The summed E-state index contributed by atoms with van der Waals surface area (Å²) in [4.78, 5) is 2.37. The number of hydrogen-bond donors (Lipinski definition) is 0. The van der Waals surface area contributed by atoms with Crippen LogP contribution >= 0.6 is 0 Å². The third-order valence-corrected chi connectivity index (χ3v) is 10.5. The molecule has 0 saturated carbocycles. The van der Waals surface area contributed by atoms with E-state index >= 15 is 0 Å². The van der Waals surface area contributed by atoms with Crippen molar-refractivity contribution < 1.29 is 4.42 Å². The average Bonchev–Trinajstić information content (AvgIpc) is 3.63. The van der Waals surface area contributed by atoms with Gasteiger partial charge in [-0.25, -0.2) is 0 Å². The molecule has 1 aromatic heterocycles. The molecule has 54 heavy (non-hydrogen) atoms. The van der Waals surface area contributed by atoms with Crippen LogP contribution < -0.4 is 4.90 Å². The first kappa shape index (κ1) is 31.6. The van der Waals surface area contributed by atoms with Crippen LogP contribution in [-0.2, 0) is 0 Å². The van der Waals surface area contributed by atoms with Crippen molar-refractivity contribution in [1.29, 1.82) is 0 Å². The summed E-state index contributed by atoms with van der Waals surface area (Å²) in [5.74, 6) is 0. The minimum absolute atomic E-state index is 0.853. The molecule has 2 nitrogen and oxygen atoms in total. The van der Waals surface area contributed by atoms with Crippen molar-refractivity contribution in [2.75, 3.05) is 4.90 Å². The Bertz CT molecular complexity index is 2790. The second-order valence-corrected chi connectivity index (χ2v) is 13.7.